The van der Waals surface area contributed by atoms with E-state index in [4.69, 9.17) is 17.4 Å². The van der Waals surface area contributed by atoms with Crippen molar-refractivity contribution in [1.29, 1.82) is 0 Å². The number of fused-ring (bicyclic) bond motifs is 3. The van der Waals surface area contributed by atoms with E-state index in [9.17, 15) is 4.79 Å². The van der Waals surface area contributed by atoms with Gasteiger partial charge in [0, 0.05) is 34.8 Å². The number of likely N-dealkylation sites (tertiary alicyclic amines) is 1. The van der Waals surface area contributed by atoms with E-state index >= 15 is 0 Å². The van der Waals surface area contributed by atoms with Gasteiger partial charge >= 0.3 is 0 Å². The third-order valence-electron chi connectivity index (χ3n) is 6.89. The molecule has 2 unspecified atom stereocenters. The number of hydrazine groups is 1. The van der Waals surface area contributed by atoms with Gasteiger partial charge in [0.05, 0.1) is 21.8 Å². The Kier molecular flexibility index (Phi) is 6.60. The first-order valence-electron chi connectivity index (χ1n) is 11.3. The Hall–Kier alpha value is -2.11. The normalized spacial score (nSPS) is 20.1. The monoisotopic (exact) mass is 517 g/mol. The molecule has 2 aromatic heterocycles. The SMILES string of the molecule is CN(C)C1CCN(C(=O)C2CCc3c(sc4ncnc(Nc5cc(S)c(NN)cc5Cl)c34)C2)C1. The zero-order chi connectivity index (χ0) is 24.0. The Morgan fingerprint density at radius 2 is 2.12 bits per heavy atom. The fraction of sp³-hybridized carbons (Fsp3) is 0.435. The number of nitrogens with one attached hydrogen (secondary N) is 2. The number of aryl methyl sites for hydroxylation is 1. The minimum absolute atomic E-state index is 0.0309. The van der Waals surface area contributed by atoms with Crippen molar-refractivity contribution in [3.8, 4) is 0 Å². The van der Waals surface area contributed by atoms with Gasteiger partial charge < -0.3 is 20.5 Å². The maximum Gasteiger partial charge on any atom is 0.226 e. The fourth-order valence-corrected chi connectivity index (χ4v) is 6.67. The number of anilines is 3. The van der Waals surface area contributed by atoms with Crippen molar-refractivity contribution in [2.75, 3.05) is 37.9 Å². The molecule has 1 saturated heterocycles. The quantitative estimate of drug-likeness (QED) is 0.231. The number of amides is 1. The molecule has 0 bridgehead atoms. The Labute approximate surface area is 213 Å². The number of hydrogen-bond donors (Lipinski definition) is 4. The molecule has 0 spiro atoms. The summed E-state index contributed by atoms with van der Waals surface area (Å²) in [7, 11) is 4.17. The largest absolute Gasteiger partial charge is 0.341 e. The highest BCUT2D eigenvalue weighted by Gasteiger charge is 2.35. The van der Waals surface area contributed by atoms with Gasteiger partial charge in [0.15, 0.2) is 0 Å². The van der Waals surface area contributed by atoms with E-state index in [-0.39, 0.29) is 5.92 Å². The topological polar surface area (TPSA) is 99.4 Å². The van der Waals surface area contributed by atoms with Gasteiger partial charge in [-0.15, -0.1) is 24.0 Å². The second-order valence-corrected chi connectivity index (χ2v) is 11.1. The van der Waals surface area contributed by atoms with Crippen molar-refractivity contribution in [1.82, 2.24) is 19.8 Å². The van der Waals surface area contributed by atoms with Crippen molar-refractivity contribution in [2.24, 2.45) is 11.8 Å². The van der Waals surface area contributed by atoms with Crippen LogP contribution in [0.5, 0.6) is 0 Å². The Morgan fingerprint density at radius 1 is 1.29 bits per heavy atom. The summed E-state index contributed by atoms with van der Waals surface area (Å²) < 4.78 is 0. The van der Waals surface area contributed by atoms with Crippen LogP contribution in [-0.2, 0) is 17.6 Å². The maximum atomic E-state index is 13.3. The molecule has 1 aromatic carbocycles. The molecule has 0 radical (unpaired) electrons. The molecule has 3 aromatic rings. The van der Waals surface area contributed by atoms with Crippen LogP contribution in [0.15, 0.2) is 23.4 Å². The number of thiophene rings is 1. The third kappa shape index (κ3) is 4.33. The zero-order valence-corrected chi connectivity index (χ0v) is 21.6. The first-order valence-corrected chi connectivity index (χ1v) is 13.0. The van der Waals surface area contributed by atoms with E-state index in [1.54, 1.807) is 23.7 Å². The van der Waals surface area contributed by atoms with Crippen LogP contribution in [0.2, 0.25) is 5.02 Å². The Bertz CT molecular complexity index is 1250. The Morgan fingerprint density at radius 3 is 2.85 bits per heavy atom. The van der Waals surface area contributed by atoms with Gasteiger partial charge in [-0.3, -0.25) is 10.6 Å². The van der Waals surface area contributed by atoms with Gasteiger partial charge in [0.2, 0.25) is 5.91 Å². The number of benzene rings is 1. The van der Waals surface area contributed by atoms with Crippen LogP contribution in [0.1, 0.15) is 23.3 Å². The molecule has 3 heterocycles. The summed E-state index contributed by atoms with van der Waals surface area (Å²) in [5, 5.41) is 4.89. The average Bonchev–Trinajstić information content (AvgIpc) is 3.46. The summed E-state index contributed by atoms with van der Waals surface area (Å²) in [5.74, 6) is 6.56. The number of rotatable bonds is 5. The highest BCUT2D eigenvalue weighted by molar-refractivity contribution is 7.80. The number of carbonyl (C=O) groups is 1. The highest BCUT2D eigenvalue weighted by atomic mass is 35.5. The van der Waals surface area contributed by atoms with Crippen LogP contribution in [0.4, 0.5) is 17.2 Å². The number of thiol groups is 1. The molecular weight excluding hydrogens is 490 g/mol. The number of halogens is 1. The van der Waals surface area contributed by atoms with Crippen molar-refractivity contribution in [3.05, 3.63) is 33.9 Å². The van der Waals surface area contributed by atoms with Crippen LogP contribution in [0.25, 0.3) is 10.2 Å². The predicted molar refractivity (Wildman–Crippen MR) is 141 cm³/mol. The van der Waals surface area contributed by atoms with Gasteiger partial charge in [0.25, 0.3) is 0 Å². The molecule has 11 heteroatoms. The molecule has 1 fully saturated rings. The minimum Gasteiger partial charge on any atom is -0.341 e. The third-order valence-corrected chi connectivity index (χ3v) is 8.74. The molecular formula is C23H28ClN7OS2. The Balaban J connectivity index is 1.40. The second-order valence-electron chi connectivity index (χ2n) is 9.15. The number of nitrogen functional groups attached to an aromatic ring is 1. The molecule has 2 aliphatic rings. The maximum absolute atomic E-state index is 13.3. The molecule has 34 heavy (non-hydrogen) atoms. The molecule has 1 aliphatic carbocycles. The van der Waals surface area contributed by atoms with E-state index < -0.39 is 0 Å². The van der Waals surface area contributed by atoms with E-state index in [0.717, 1.165) is 49.0 Å². The summed E-state index contributed by atoms with van der Waals surface area (Å²) in [6.45, 7) is 1.68. The van der Waals surface area contributed by atoms with Crippen LogP contribution in [0.3, 0.4) is 0 Å². The molecule has 180 valence electrons. The van der Waals surface area contributed by atoms with Crippen LogP contribution in [0, 0.1) is 5.92 Å². The summed E-state index contributed by atoms with van der Waals surface area (Å²) >= 11 is 12.6. The minimum atomic E-state index is 0.0309. The van der Waals surface area contributed by atoms with Gasteiger partial charge in [-0.05, 0) is 57.5 Å². The lowest BCUT2D eigenvalue weighted by Gasteiger charge is -2.27. The van der Waals surface area contributed by atoms with Crippen LogP contribution < -0.4 is 16.6 Å². The number of nitrogens with two attached hydrogens (primary N) is 1. The van der Waals surface area contributed by atoms with Crippen LogP contribution in [-0.4, -0.2) is 58.9 Å². The first kappa shape index (κ1) is 23.6. The fourth-order valence-electron chi connectivity index (χ4n) is 4.94. The molecule has 1 amide bonds. The molecule has 4 N–H and O–H groups in total. The standard InChI is InChI=1S/C23H28ClN7OS2/c1-30(2)13-5-6-31(10-13)23(32)12-3-4-14-19(7-12)34-22-20(14)21(26-11-27-22)28-16-9-18(33)17(29-25)8-15(16)24/h8-9,11-13,29,33H,3-7,10,25H2,1-2H3,(H,26,27,28). The number of carbonyl (C=O) groups excluding carboxylic acids is 1. The van der Waals surface area contributed by atoms with Crippen molar-refractivity contribution < 1.29 is 4.79 Å². The summed E-state index contributed by atoms with van der Waals surface area (Å²) in [4.78, 5) is 29.4. The number of hydrogen-bond acceptors (Lipinski definition) is 9. The van der Waals surface area contributed by atoms with Crippen LogP contribution >= 0.6 is 35.6 Å². The van der Waals surface area contributed by atoms with Crippen molar-refractivity contribution in [2.45, 2.75) is 36.6 Å². The van der Waals surface area contributed by atoms with E-state index in [2.05, 4.69) is 57.2 Å². The van der Waals surface area contributed by atoms with E-state index in [1.807, 2.05) is 6.07 Å². The number of aromatic nitrogens is 2. The molecule has 1 aliphatic heterocycles. The van der Waals surface area contributed by atoms with Crippen molar-refractivity contribution in [3.63, 3.8) is 0 Å². The van der Waals surface area contributed by atoms with Gasteiger partial charge in [-0.2, -0.15) is 0 Å². The van der Waals surface area contributed by atoms with E-state index in [0.29, 0.717) is 39.1 Å². The first-order chi connectivity index (χ1) is 16.4. The molecule has 5 rings (SSSR count). The summed E-state index contributed by atoms with van der Waals surface area (Å²) in [5.41, 5.74) is 5.16. The second kappa shape index (κ2) is 9.50. The smallest absolute Gasteiger partial charge is 0.226 e. The number of likely N-dealkylation sites (N-methyl/N-ethyl adjacent to an activating group) is 1. The summed E-state index contributed by atoms with van der Waals surface area (Å²) in [6.07, 6.45) is 5.04. The lowest BCUT2D eigenvalue weighted by molar-refractivity contribution is -0.134. The predicted octanol–water partition coefficient (Wildman–Crippen LogP) is 3.93. The lowest BCUT2D eigenvalue weighted by atomic mass is 9.87. The highest BCUT2D eigenvalue weighted by Crippen LogP contribution is 2.42. The van der Waals surface area contributed by atoms with Gasteiger partial charge in [-0.1, -0.05) is 11.6 Å². The van der Waals surface area contributed by atoms with Gasteiger partial charge in [0.1, 0.15) is 17.0 Å². The average molecular weight is 518 g/mol. The van der Waals surface area contributed by atoms with Gasteiger partial charge in [-0.25, -0.2) is 9.97 Å². The number of nitrogens with zero attached hydrogens (tertiary/aromatic N) is 4. The molecule has 8 nitrogen and oxygen atoms in total. The lowest BCUT2D eigenvalue weighted by Crippen LogP contribution is -2.39. The zero-order valence-electron chi connectivity index (χ0n) is 19.1. The van der Waals surface area contributed by atoms with E-state index in [1.165, 1.54) is 10.4 Å². The molecule has 2 atom stereocenters. The van der Waals surface area contributed by atoms with Crippen molar-refractivity contribution >= 4 is 68.9 Å². The molecule has 0 saturated carbocycles. The summed E-state index contributed by atoms with van der Waals surface area (Å²) in [6, 6.07) is 4.00.